The molecule has 1 amide bonds. The van der Waals surface area contributed by atoms with Crippen LogP contribution in [0.4, 0.5) is 5.00 Å². The summed E-state index contributed by atoms with van der Waals surface area (Å²) in [5.41, 5.74) is 1.75. The third-order valence-corrected chi connectivity index (χ3v) is 4.78. The van der Waals surface area contributed by atoms with Gasteiger partial charge in [-0.3, -0.25) is 9.78 Å². The number of rotatable bonds is 5. The lowest BCUT2D eigenvalue weighted by atomic mass is 10.0. The molecule has 27 heavy (non-hydrogen) atoms. The summed E-state index contributed by atoms with van der Waals surface area (Å²) in [5, 5.41) is 12.7. The van der Waals surface area contributed by atoms with Gasteiger partial charge < -0.3 is 10.1 Å². The molecule has 1 N–H and O–H groups in total. The van der Waals surface area contributed by atoms with Gasteiger partial charge in [-0.1, -0.05) is 30.3 Å². The lowest BCUT2D eigenvalue weighted by molar-refractivity contribution is 0.0532. The van der Waals surface area contributed by atoms with E-state index in [0.717, 1.165) is 11.3 Å². The van der Waals surface area contributed by atoms with E-state index in [-0.39, 0.29) is 17.0 Å². The van der Waals surface area contributed by atoms with Gasteiger partial charge in [0.05, 0.1) is 17.7 Å². The summed E-state index contributed by atoms with van der Waals surface area (Å²) >= 11 is 1.03. The Labute approximate surface area is 160 Å². The van der Waals surface area contributed by atoms with Gasteiger partial charge in [0, 0.05) is 18.0 Å². The number of amides is 1. The van der Waals surface area contributed by atoms with Gasteiger partial charge in [-0.25, -0.2) is 4.79 Å². The van der Waals surface area contributed by atoms with Crippen molar-refractivity contribution in [2.45, 2.75) is 6.92 Å². The number of benzene rings is 1. The highest BCUT2D eigenvalue weighted by Crippen LogP contribution is 2.40. The van der Waals surface area contributed by atoms with E-state index < -0.39 is 11.9 Å². The quantitative estimate of drug-likeness (QED) is 0.676. The van der Waals surface area contributed by atoms with Gasteiger partial charge in [0.1, 0.15) is 15.9 Å². The van der Waals surface area contributed by atoms with Crippen LogP contribution < -0.4 is 5.32 Å². The minimum atomic E-state index is -0.528. The third-order valence-electron chi connectivity index (χ3n) is 3.69. The minimum Gasteiger partial charge on any atom is -0.462 e. The van der Waals surface area contributed by atoms with Crippen LogP contribution in [-0.2, 0) is 4.74 Å². The van der Waals surface area contributed by atoms with E-state index in [2.05, 4.69) is 16.4 Å². The second-order valence-electron chi connectivity index (χ2n) is 5.40. The normalized spacial score (nSPS) is 10.1. The number of thiophene rings is 1. The third kappa shape index (κ3) is 3.86. The van der Waals surface area contributed by atoms with Crippen molar-refractivity contribution in [3.63, 3.8) is 0 Å². The number of ether oxygens (including phenoxy) is 1. The minimum absolute atomic E-state index is 0.213. The van der Waals surface area contributed by atoms with Gasteiger partial charge >= 0.3 is 5.97 Å². The largest absolute Gasteiger partial charge is 0.462 e. The van der Waals surface area contributed by atoms with Crippen LogP contribution in [0.3, 0.4) is 0 Å². The van der Waals surface area contributed by atoms with Gasteiger partial charge in [0.25, 0.3) is 5.91 Å². The number of carbonyl (C=O) groups is 2. The summed E-state index contributed by atoms with van der Waals surface area (Å²) in [4.78, 5) is 29.1. The molecule has 0 aliphatic heterocycles. The van der Waals surface area contributed by atoms with E-state index in [1.165, 1.54) is 6.20 Å². The Morgan fingerprint density at radius 2 is 2.00 bits per heavy atom. The summed E-state index contributed by atoms with van der Waals surface area (Å²) in [5.74, 6) is -0.935. The summed E-state index contributed by atoms with van der Waals surface area (Å²) in [6.07, 6.45) is 2.99. The van der Waals surface area contributed by atoms with Crippen molar-refractivity contribution in [3.8, 4) is 17.2 Å². The highest BCUT2D eigenvalue weighted by atomic mass is 32.1. The van der Waals surface area contributed by atoms with Crippen molar-refractivity contribution < 1.29 is 14.3 Å². The molecule has 1 aromatic carbocycles. The summed E-state index contributed by atoms with van der Waals surface area (Å²) in [7, 11) is 0. The van der Waals surface area contributed by atoms with Crippen molar-refractivity contribution in [2.24, 2.45) is 0 Å². The maximum Gasteiger partial charge on any atom is 0.349 e. The lowest BCUT2D eigenvalue weighted by Crippen LogP contribution is -2.11. The van der Waals surface area contributed by atoms with Crippen LogP contribution in [0, 0.1) is 11.3 Å². The first-order chi connectivity index (χ1) is 13.2. The SMILES string of the molecule is CCOC(=O)c1sc(NC(=O)c2cccnc2)c(C#N)c1-c1ccccc1. The topological polar surface area (TPSA) is 92.1 Å². The predicted molar refractivity (Wildman–Crippen MR) is 103 cm³/mol. The van der Waals surface area contributed by atoms with Crippen LogP contribution in [0.15, 0.2) is 54.9 Å². The van der Waals surface area contributed by atoms with E-state index in [9.17, 15) is 14.9 Å². The Kier molecular flexibility index (Phi) is 5.59. The van der Waals surface area contributed by atoms with Gasteiger partial charge in [0.15, 0.2) is 0 Å². The molecule has 0 unspecified atom stereocenters. The van der Waals surface area contributed by atoms with Crippen LogP contribution in [0.5, 0.6) is 0 Å². The first-order valence-corrected chi connectivity index (χ1v) is 8.98. The maximum absolute atomic E-state index is 12.5. The number of hydrogen-bond donors (Lipinski definition) is 1. The number of hydrogen-bond acceptors (Lipinski definition) is 6. The Bertz CT molecular complexity index is 1010. The zero-order chi connectivity index (χ0) is 19.2. The molecule has 0 radical (unpaired) electrons. The molecular weight excluding hydrogens is 362 g/mol. The van der Waals surface area contributed by atoms with E-state index in [1.807, 2.05) is 18.2 Å². The first-order valence-electron chi connectivity index (χ1n) is 8.16. The molecule has 0 bridgehead atoms. The van der Waals surface area contributed by atoms with Crippen molar-refractivity contribution in [2.75, 3.05) is 11.9 Å². The van der Waals surface area contributed by atoms with Gasteiger partial charge in [-0.2, -0.15) is 5.26 Å². The number of nitrogens with one attached hydrogen (secondary N) is 1. The molecule has 0 aliphatic carbocycles. The standard InChI is InChI=1S/C20H15N3O3S/c1-2-26-20(25)17-16(13-7-4-3-5-8-13)15(11-21)19(27-17)23-18(24)14-9-6-10-22-12-14/h3-10,12H,2H2,1H3,(H,23,24). The molecule has 134 valence electrons. The molecule has 3 aromatic rings. The van der Waals surface area contributed by atoms with E-state index >= 15 is 0 Å². The van der Waals surface area contributed by atoms with Gasteiger partial charge in [0.2, 0.25) is 0 Å². The number of pyridine rings is 1. The van der Waals surface area contributed by atoms with Crippen molar-refractivity contribution in [3.05, 3.63) is 70.9 Å². The molecular formula is C20H15N3O3S. The predicted octanol–water partition coefficient (Wildman–Crippen LogP) is 4.11. The summed E-state index contributed by atoms with van der Waals surface area (Å²) < 4.78 is 5.13. The molecule has 6 nitrogen and oxygen atoms in total. The van der Waals surface area contributed by atoms with E-state index in [4.69, 9.17) is 4.74 Å². The van der Waals surface area contributed by atoms with Crippen LogP contribution in [0.2, 0.25) is 0 Å². The van der Waals surface area contributed by atoms with Crippen molar-refractivity contribution >= 4 is 28.2 Å². The zero-order valence-corrected chi connectivity index (χ0v) is 15.2. The number of anilines is 1. The molecule has 0 fully saturated rings. The molecule has 0 saturated heterocycles. The monoisotopic (exact) mass is 377 g/mol. The smallest absolute Gasteiger partial charge is 0.349 e. The Morgan fingerprint density at radius 3 is 2.63 bits per heavy atom. The van der Waals surface area contributed by atoms with E-state index in [1.54, 1.807) is 37.4 Å². The fourth-order valence-corrected chi connectivity index (χ4v) is 3.58. The van der Waals surface area contributed by atoms with Crippen molar-refractivity contribution in [1.82, 2.24) is 4.98 Å². The van der Waals surface area contributed by atoms with Crippen LogP contribution in [-0.4, -0.2) is 23.5 Å². The lowest BCUT2D eigenvalue weighted by Gasteiger charge is -2.05. The highest BCUT2D eigenvalue weighted by Gasteiger charge is 2.26. The summed E-state index contributed by atoms with van der Waals surface area (Å²) in [6.45, 7) is 1.92. The van der Waals surface area contributed by atoms with Crippen molar-refractivity contribution in [1.29, 1.82) is 5.26 Å². The highest BCUT2D eigenvalue weighted by molar-refractivity contribution is 7.19. The number of nitriles is 1. The van der Waals surface area contributed by atoms with Crippen LogP contribution >= 0.6 is 11.3 Å². The zero-order valence-electron chi connectivity index (χ0n) is 14.4. The van der Waals surface area contributed by atoms with Gasteiger partial charge in [-0.15, -0.1) is 11.3 Å². The fraction of sp³-hybridized carbons (Fsp3) is 0.100. The number of aromatic nitrogens is 1. The Balaban J connectivity index is 2.08. The fourth-order valence-electron chi connectivity index (χ4n) is 2.52. The number of nitrogens with zero attached hydrogens (tertiary/aromatic N) is 2. The second-order valence-corrected chi connectivity index (χ2v) is 6.43. The molecule has 0 aliphatic rings. The molecule has 2 heterocycles. The Morgan fingerprint density at radius 1 is 1.22 bits per heavy atom. The molecule has 0 spiro atoms. The molecule has 3 rings (SSSR count). The number of carbonyl (C=O) groups excluding carboxylic acids is 2. The van der Waals surface area contributed by atoms with E-state index in [0.29, 0.717) is 21.7 Å². The molecule has 2 aromatic heterocycles. The molecule has 7 heteroatoms. The Hall–Kier alpha value is -3.50. The maximum atomic E-state index is 12.5. The first kappa shape index (κ1) is 18.3. The molecule has 0 atom stereocenters. The second kappa shape index (κ2) is 8.25. The van der Waals surface area contributed by atoms with Crippen LogP contribution in [0.1, 0.15) is 32.5 Å². The molecule has 0 saturated carbocycles. The summed E-state index contributed by atoms with van der Waals surface area (Å²) in [6, 6.07) is 14.5. The van der Waals surface area contributed by atoms with Crippen LogP contribution in [0.25, 0.3) is 11.1 Å². The average molecular weight is 377 g/mol. The van der Waals surface area contributed by atoms with Gasteiger partial charge in [-0.05, 0) is 24.6 Å². The number of esters is 1. The average Bonchev–Trinajstić information content (AvgIpc) is 3.07.